The first-order valence-electron chi connectivity index (χ1n) is 7.34. The van der Waals surface area contributed by atoms with Gasteiger partial charge in [0.1, 0.15) is 5.82 Å². The molecule has 7 nitrogen and oxygen atoms in total. The third-order valence-corrected chi connectivity index (χ3v) is 3.59. The highest BCUT2D eigenvalue weighted by atomic mass is 19.1. The Kier molecular flexibility index (Phi) is 4.34. The Morgan fingerprint density at radius 3 is 2.68 bits per heavy atom. The van der Waals surface area contributed by atoms with E-state index in [4.69, 9.17) is 4.42 Å². The van der Waals surface area contributed by atoms with E-state index in [9.17, 15) is 19.1 Å². The molecule has 3 rings (SSSR count). The predicted molar refractivity (Wildman–Crippen MR) is 86.4 cm³/mol. The molecule has 3 aromatic rings. The van der Waals surface area contributed by atoms with Crippen molar-refractivity contribution in [3.63, 3.8) is 0 Å². The Balaban J connectivity index is 1.89. The summed E-state index contributed by atoms with van der Waals surface area (Å²) in [4.78, 5) is 28.5. The van der Waals surface area contributed by atoms with Crippen LogP contribution in [0.5, 0.6) is 5.75 Å². The van der Waals surface area contributed by atoms with Gasteiger partial charge in [0.25, 0.3) is 11.5 Å². The van der Waals surface area contributed by atoms with Crippen LogP contribution in [0, 0.1) is 5.82 Å². The molecule has 1 amide bonds. The van der Waals surface area contributed by atoms with E-state index in [0.29, 0.717) is 5.56 Å². The summed E-state index contributed by atoms with van der Waals surface area (Å²) < 4.78 is 19.2. The lowest BCUT2D eigenvalue weighted by Gasteiger charge is -2.10. The zero-order valence-electron chi connectivity index (χ0n) is 13.2. The molecule has 0 aliphatic heterocycles. The Bertz CT molecular complexity index is 963. The average Bonchev–Trinajstić information content (AvgIpc) is 3.13. The Labute approximate surface area is 141 Å². The molecular weight excluding hydrogens is 329 g/mol. The van der Waals surface area contributed by atoms with E-state index in [1.165, 1.54) is 37.6 Å². The lowest BCUT2D eigenvalue weighted by atomic mass is 10.2. The molecule has 128 valence electrons. The maximum Gasteiger partial charge on any atom is 0.296 e. The lowest BCUT2D eigenvalue weighted by Crippen LogP contribution is -2.29. The molecule has 0 radical (unpaired) electrons. The van der Waals surface area contributed by atoms with Gasteiger partial charge >= 0.3 is 0 Å². The van der Waals surface area contributed by atoms with Crippen molar-refractivity contribution in [3.8, 4) is 17.3 Å². The first kappa shape index (κ1) is 16.4. The number of furan rings is 1. The quantitative estimate of drug-likeness (QED) is 0.753. The van der Waals surface area contributed by atoms with Crippen LogP contribution in [0.3, 0.4) is 0 Å². The van der Waals surface area contributed by atoms with Crippen molar-refractivity contribution in [2.24, 2.45) is 7.05 Å². The summed E-state index contributed by atoms with van der Waals surface area (Å²) in [5.74, 6) is -1.47. The van der Waals surface area contributed by atoms with Crippen molar-refractivity contribution in [3.05, 3.63) is 70.1 Å². The minimum Gasteiger partial charge on any atom is -0.501 e. The standard InChI is InChI=1S/C17H14FN3O4/c1-21-15(12-3-2-8-25-12)20-13(14(22)17(21)24)16(23)19-9-10-4-6-11(18)7-5-10/h2-8,22H,9H2,1H3,(H,19,23). The van der Waals surface area contributed by atoms with Crippen LogP contribution in [-0.2, 0) is 13.6 Å². The largest absolute Gasteiger partial charge is 0.501 e. The van der Waals surface area contributed by atoms with Crippen molar-refractivity contribution < 1.29 is 18.7 Å². The van der Waals surface area contributed by atoms with Gasteiger partial charge in [0.05, 0.1) is 6.26 Å². The number of nitrogens with zero attached hydrogens (tertiary/aromatic N) is 2. The van der Waals surface area contributed by atoms with Crippen LogP contribution in [0.2, 0.25) is 0 Å². The minimum atomic E-state index is -0.770. The number of carbonyl (C=O) groups is 1. The van der Waals surface area contributed by atoms with E-state index in [0.717, 1.165) is 4.57 Å². The van der Waals surface area contributed by atoms with Crippen LogP contribution in [0.25, 0.3) is 11.6 Å². The molecule has 8 heteroatoms. The summed E-state index contributed by atoms with van der Waals surface area (Å²) >= 11 is 0. The first-order chi connectivity index (χ1) is 12.0. The summed E-state index contributed by atoms with van der Waals surface area (Å²) in [6.45, 7) is 0.0888. The molecule has 0 fully saturated rings. The van der Waals surface area contributed by atoms with Gasteiger partial charge in [0, 0.05) is 13.6 Å². The monoisotopic (exact) mass is 343 g/mol. The lowest BCUT2D eigenvalue weighted by molar-refractivity contribution is 0.0942. The van der Waals surface area contributed by atoms with Gasteiger partial charge in [-0.2, -0.15) is 0 Å². The molecule has 2 N–H and O–H groups in total. The molecule has 0 spiro atoms. The normalized spacial score (nSPS) is 10.6. The Morgan fingerprint density at radius 2 is 2.04 bits per heavy atom. The van der Waals surface area contributed by atoms with E-state index in [1.54, 1.807) is 12.1 Å². The molecule has 0 saturated heterocycles. The zero-order chi connectivity index (χ0) is 18.0. The molecule has 1 aromatic carbocycles. The number of halogens is 1. The number of carbonyl (C=O) groups excluding carboxylic acids is 1. The van der Waals surface area contributed by atoms with E-state index in [-0.39, 0.29) is 23.9 Å². The second-order valence-electron chi connectivity index (χ2n) is 5.28. The highest BCUT2D eigenvalue weighted by Gasteiger charge is 2.21. The summed E-state index contributed by atoms with van der Waals surface area (Å²) in [6, 6.07) is 8.76. The van der Waals surface area contributed by atoms with E-state index in [2.05, 4.69) is 10.3 Å². The molecule has 0 unspecified atom stereocenters. The van der Waals surface area contributed by atoms with Crippen molar-refractivity contribution in [1.29, 1.82) is 0 Å². The van der Waals surface area contributed by atoms with Gasteiger partial charge in [-0.05, 0) is 29.8 Å². The maximum absolute atomic E-state index is 12.9. The summed E-state index contributed by atoms with van der Waals surface area (Å²) in [6.07, 6.45) is 1.41. The maximum atomic E-state index is 12.9. The number of amides is 1. The van der Waals surface area contributed by atoms with Gasteiger partial charge in [-0.15, -0.1) is 0 Å². The van der Waals surface area contributed by atoms with Crippen molar-refractivity contribution in [2.75, 3.05) is 0 Å². The predicted octanol–water partition coefficient (Wildman–Crippen LogP) is 1.81. The summed E-state index contributed by atoms with van der Waals surface area (Å²) in [5.41, 5.74) is -0.519. The van der Waals surface area contributed by atoms with Gasteiger partial charge in [0.15, 0.2) is 17.3 Å². The van der Waals surface area contributed by atoms with Gasteiger partial charge in [0.2, 0.25) is 5.75 Å². The third kappa shape index (κ3) is 3.27. The van der Waals surface area contributed by atoms with Crippen LogP contribution in [-0.4, -0.2) is 20.6 Å². The highest BCUT2D eigenvalue weighted by molar-refractivity contribution is 5.95. The molecule has 0 aliphatic carbocycles. The molecule has 0 bridgehead atoms. The fraction of sp³-hybridized carbons (Fsp3) is 0.118. The van der Waals surface area contributed by atoms with E-state index >= 15 is 0 Å². The minimum absolute atomic E-state index is 0.0888. The summed E-state index contributed by atoms with van der Waals surface area (Å²) in [7, 11) is 1.41. The van der Waals surface area contributed by atoms with Crippen LogP contribution in [0.15, 0.2) is 51.9 Å². The van der Waals surface area contributed by atoms with Crippen LogP contribution >= 0.6 is 0 Å². The SMILES string of the molecule is Cn1c(-c2ccco2)nc(C(=O)NCc2ccc(F)cc2)c(O)c1=O. The number of aromatic hydroxyl groups is 1. The molecule has 2 heterocycles. The van der Waals surface area contributed by atoms with Crippen LogP contribution in [0.1, 0.15) is 16.1 Å². The second kappa shape index (κ2) is 6.60. The zero-order valence-corrected chi connectivity index (χ0v) is 13.2. The number of hydrogen-bond donors (Lipinski definition) is 2. The van der Waals surface area contributed by atoms with Crippen molar-refractivity contribution >= 4 is 5.91 Å². The van der Waals surface area contributed by atoms with Gasteiger partial charge in [-0.1, -0.05) is 12.1 Å². The van der Waals surface area contributed by atoms with E-state index < -0.39 is 22.9 Å². The number of nitrogens with one attached hydrogen (secondary N) is 1. The molecule has 0 saturated carbocycles. The molecule has 0 atom stereocenters. The number of aromatic nitrogens is 2. The molecule has 0 aliphatic rings. The number of benzene rings is 1. The van der Waals surface area contributed by atoms with Crippen molar-refractivity contribution in [2.45, 2.75) is 6.54 Å². The number of hydrogen-bond acceptors (Lipinski definition) is 5. The van der Waals surface area contributed by atoms with Gasteiger partial charge < -0.3 is 14.8 Å². The summed E-state index contributed by atoms with van der Waals surface area (Å²) in [5, 5.41) is 12.5. The fourth-order valence-corrected chi connectivity index (χ4v) is 2.24. The highest BCUT2D eigenvalue weighted by Crippen LogP contribution is 2.19. The average molecular weight is 343 g/mol. The molecular formula is C17H14FN3O4. The molecule has 25 heavy (non-hydrogen) atoms. The van der Waals surface area contributed by atoms with Gasteiger partial charge in [-0.25, -0.2) is 9.37 Å². The smallest absolute Gasteiger partial charge is 0.296 e. The second-order valence-corrected chi connectivity index (χ2v) is 5.28. The Morgan fingerprint density at radius 1 is 1.32 bits per heavy atom. The van der Waals surface area contributed by atoms with Crippen molar-refractivity contribution in [1.82, 2.24) is 14.9 Å². The fourth-order valence-electron chi connectivity index (χ4n) is 2.24. The van der Waals surface area contributed by atoms with Crippen LogP contribution < -0.4 is 10.9 Å². The first-order valence-corrected chi connectivity index (χ1v) is 7.34. The number of rotatable bonds is 4. The topological polar surface area (TPSA) is 97.4 Å². The van der Waals surface area contributed by atoms with E-state index in [1.807, 2.05) is 0 Å². The van der Waals surface area contributed by atoms with Gasteiger partial charge in [-0.3, -0.25) is 14.2 Å². The van der Waals surface area contributed by atoms with Crippen LogP contribution in [0.4, 0.5) is 4.39 Å². The Hall–Kier alpha value is -3.42. The molecule has 2 aromatic heterocycles. The third-order valence-electron chi connectivity index (χ3n) is 3.59.